The average Bonchev–Trinajstić information content (AvgIpc) is 3.24. The first-order valence-electron chi connectivity index (χ1n) is 7.17. The van der Waals surface area contributed by atoms with Gasteiger partial charge >= 0.3 is 5.97 Å². The number of rotatable bonds is 5. The maximum Gasteiger partial charge on any atom is 0.335 e. The molecule has 1 heterocycles. The van der Waals surface area contributed by atoms with Crippen molar-refractivity contribution >= 4 is 11.9 Å². The minimum absolute atomic E-state index is 0.148. The van der Waals surface area contributed by atoms with E-state index >= 15 is 0 Å². The van der Waals surface area contributed by atoms with Crippen molar-refractivity contribution in [3.05, 3.63) is 52.8 Å². The van der Waals surface area contributed by atoms with Crippen LogP contribution in [0.2, 0.25) is 0 Å². The van der Waals surface area contributed by atoms with Gasteiger partial charge in [0.1, 0.15) is 5.69 Å². The minimum Gasteiger partial charge on any atom is -0.478 e. The highest BCUT2D eigenvalue weighted by molar-refractivity contribution is 5.92. The van der Waals surface area contributed by atoms with Crippen molar-refractivity contribution in [1.82, 2.24) is 15.1 Å². The van der Waals surface area contributed by atoms with Crippen molar-refractivity contribution in [2.24, 2.45) is 0 Å². The van der Waals surface area contributed by atoms with E-state index in [4.69, 9.17) is 5.11 Å². The number of aromatic amines is 1. The molecule has 114 valence electrons. The van der Waals surface area contributed by atoms with Crippen molar-refractivity contribution in [3.63, 3.8) is 0 Å². The number of amides is 1. The monoisotopic (exact) mass is 299 g/mol. The molecule has 0 atom stereocenters. The molecule has 0 bridgehead atoms. The van der Waals surface area contributed by atoms with Crippen LogP contribution in [0, 0.1) is 0 Å². The summed E-state index contributed by atoms with van der Waals surface area (Å²) in [6.45, 7) is 0.407. The molecular formula is C16H17N3O3. The molecule has 1 aromatic carbocycles. The summed E-state index contributed by atoms with van der Waals surface area (Å²) in [6.07, 6.45) is 2.31. The number of hydrogen-bond donors (Lipinski definition) is 2. The standard InChI is InChI=1S/C16H17N3O3/c1-19(9-10-2-4-12(5-3-10)16(21)22)15(20)14-8-13(17-18-14)11-6-7-11/h2-5,8,11H,6-7,9H2,1H3,(H,17,18)(H,21,22). The van der Waals surface area contributed by atoms with Crippen molar-refractivity contribution in [2.75, 3.05) is 7.05 Å². The van der Waals surface area contributed by atoms with Gasteiger partial charge in [0.2, 0.25) is 0 Å². The number of aromatic nitrogens is 2. The molecule has 0 spiro atoms. The van der Waals surface area contributed by atoms with Gasteiger partial charge in [-0.3, -0.25) is 9.89 Å². The van der Waals surface area contributed by atoms with Gasteiger partial charge in [-0.05, 0) is 36.6 Å². The zero-order valence-corrected chi connectivity index (χ0v) is 12.2. The lowest BCUT2D eigenvalue weighted by atomic mass is 10.1. The molecule has 2 N–H and O–H groups in total. The predicted molar refractivity (Wildman–Crippen MR) is 79.8 cm³/mol. The van der Waals surface area contributed by atoms with Crippen LogP contribution in [0.1, 0.15) is 50.9 Å². The Morgan fingerprint density at radius 3 is 2.59 bits per heavy atom. The van der Waals surface area contributed by atoms with E-state index in [9.17, 15) is 9.59 Å². The molecule has 1 aromatic heterocycles. The number of carboxylic acids is 1. The van der Waals surface area contributed by atoms with Gasteiger partial charge in [0, 0.05) is 25.2 Å². The molecule has 1 aliphatic rings. The van der Waals surface area contributed by atoms with Crippen molar-refractivity contribution in [2.45, 2.75) is 25.3 Å². The maximum atomic E-state index is 12.3. The second-order valence-electron chi connectivity index (χ2n) is 5.65. The van der Waals surface area contributed by atoms with E-state index in [-0.39, 0.29) is 11.5 Å². The molecule has 2 aromatic rings. The smallest absolute Gasteiger partial charge is 0.335 e. The van der Waals surface area contributed by atoms with Crippen molar-refractivity contribution in [1.29, 1.82) is 0 Å². The Labute approximate surface area is 127 Å². The SMILES string of the molecule is CN(Cc1ccc(C(=O)O)cc1)C(=O)c1cc(C2CC2)[nH]n1. The van der Waals surface area contributed by atoms with E-state index in [1.807, 2.05) is 6.07 Å². The Morgan fingerprint density at radius 1 is 1.32 bits per heavy atom. The van der Waals surface area contributed by atoms with Gasteiger partial charge in [0.25, 0.3) is 5.91 Å². The lowest BCUT2D eigenvalue weighted by Gasteiger charge is -2.15. The fourth-order valence-corrected chi connectivity index (χ4v) is 2.34. The highest BCUT2D eigenvalue weighted by Gasteiger charge is 2.27. The third kappa shape index (κ3) is 3.00. The van der Waals surface area contributed by atoms with E-state index in [1.54, 1.807) is 24.1 Å². The second kappa shape index (κ2) is 5.63. The maximum absolute atomic E-state index is 12.3. The first-order valence-corrected chi connectivity index (χ1v) is 7.17. The molecular weight excluding hydrogens is 282 g/mol. The number of benzene rings is 1. The minimum atomic E-state index is -0.958. The fraction of sp³-hybridized carbons (Fsp3) is 0.312. The Bertz CT molecular complexity index is 702. The Kier molecular flexibility index (Phi) is 3.66. The molecule has 0 aliphatic heterocycles. The van der Waals surface area contributed by atoms with Crippen LogP contribution in [0.15, 0.2) is 30.3 Å². The molecule has 0 saturated heterocycles. The third-order valence-electron chi connectivity index (χ3n) is 3.80. The molecule has 1 saturated carbocycles. The van der Waals surface area contributed by atoms with E-state index in [1.165, 1.54) is 12.1 Å². The van der Waals surface area contributed by atoms with Gasteiger partial charge in [-0.25, -0.2) is 4.79 Å². The molecule has 1 aliphatic carbocycles. The van der Waals surface area contributed by atoms with Gasteiger partial charge in [0.15, 0.2) is 0 Å². The van der Waals surface area contributed by atoms with Gasteiger partial charge < -0.3 is 10.0 Å². The van der Waals surface area contributed by atoms with E-state index in [0.29, 0.717) is 18.2 Å². The summed E-state index contributed by atoms with van der Waals surface area (Å²) in [5.74, 6) is -0.575. The van der Waals surface area contributed by atoms with E-state index in [0.717, 1.165) is 24.1 Å². The van der Waals surface area contributed by atoms with Gasteiger partial charge in [-0.2, -0.15) is 5.10 Å². The number of carboxylic acid groups (broad SMARTS) is 1. The third-order valence-corrected chi connectivity index (χ3v) is 3.80. The molecule has 0 radical (unpaired) electrons. The summed E-state index contributed by atoms with van der Waals surface area (Å²) in [5.41, 5.74) is 2.56. The summed E-state index contributed by atoms with van der Waals surface area (Å²) in [4.78, 5) is 24.7. The second-order valence-corrected chi connectivity index (χ2v) is 5.65. The normalized spacial score (nSPS) is 13.9. The molecule has 1 fully saturated rings. The highest BCUT2D eigenvalue weighted by atomic mass is 16.4. The lowest BCUT2D eigenvalue weighted by molar-refractivity contribution is 0.0695. The van der Waals surface area contributed by atoms with Crippen LogP contribution < -0.4 is 0 Å². The lowest BCUT2D eigenvalue weighted by Crippen LogP contribution is -2.26. The van der Waals surface area contributed by atoms with Crippen LogP contribution in [0.25, 0.3) is 0 Å². The number of nitrogens with zero attached hydrogens (tertiary/aromatic N) is 2. The molecule has 1 amide bonds. The van der Waals surface area contributed by atoms with Crippen LogP contribution in [0.4, 0.5) is 0 Å². The number of hydrogen-bond acceptors (Lipinski definition) is 3. The topological polar surface area (TPSA) is 86.3 Å². The number of aromatic carboxylic acids is 1. The summed E-state index contributed by atoms with van der Waals surface area (Å²) in [7, 11) is 1.71. The van der Waals surface area contributed by atoms with Crippen LogP contribution in [0.3, 0.4) is 0 Å². The van der Waals surface area contributed by atoms with Gasteiger partial charge in [0.05, 0.1) is 5.56 Å². The van der Waals surface area contributed by atoms with E-state index in [2.05, 4.69) is 10.2 Å². The number of nitrogens with one attached hydrogen (secondary N) is 1. The van der Waals surface area contributed by atoms with Crippen LogP contribution in [-0.2, 0) is 6.54 Å². The van der Waals surface area contributed by atoms with Crippen molar-refractivity contribution < 1.29 is 14.7 Å². The van der Waals surface area contributed by atoms with Crippen molar-refractivity contribution in [3.8, 4) is 0 Å². The quantitative estimate of drug-likeness (QED) is 0.886. The van der Waals surface area contributed by atoms with Crippen LogP contribution in [0.5, 0.6) is 0 Å². The largest absolute Gasteiger partial charge is 0.478 e. The summed E-state index contributed by atoms with van der Waals surface area (Å²) in [6, 6.07) is 8.33. The number of H-pyrrole nitrogens is 1. The Morgan fingerprint density at radius 2 is 2.00 bits per heavy atom. The van der Waals surface area contributed by atoms with Crippen LogP contribution >= 0.6 is 0 Å². The summed E-state index contributed by atoms with van der Waals surface area (Å²) >= 11 is 0. The molecule has 6 nitrogen and oxygen atoms in total. The highest BCUT2D eigenvalue weighted by Crippen LogP contribution is 2.39. The summed E-state index contributed by atoms with van der Waals surface area (Å²) in [5, 5.41) is 15.9. The number of carbonyl (C=O) groups is 2. The first-order chi connectivity index (χ1) is 10.5. The van der Waals surface area contributed by atoms with E-state index < -0.39 is 5.97 Å². The zero-order valence-electron chi connectivity index (χ0n) is 12.2. The molecule has 0 unspecified atom stereocenters. The Balaban J connectivity index is 1.65. The number of carbonyl (C=O) groups excluding carboxylic acids is 1. The van der Waals surface area contributed by atoms with Gasteiger partial charge in [-0.1, -0.05) is 12.1 Å². The average molecular weight is 299 g/mol. The first kappa shape index (κ1) is 14.3. The fourth-order valence-electron chi connectivity index (χ4n) is 2.34. The Hall–Kier alpha value is -2.63. The molecule has 22 heavy (non-hydrogen) atoms. The summed E-state index contributed by atoms with van der Waals surface area (Å²) < 4.78 is 0. The van der Waals surface area contributed by atoms with Gasteiger partial charge in [-0.15, -0.1) is 0 Å². The zero-order chi connectivity index (χ0) is 15.7. The molecule has 3 rings (SSSR count). The predicted octanol–water partition coefficient (Wildman–Crippen LogP) is 2.26. The molecule has 6 heteroatoms. The van der Waals surface area contributed by atoms with Crippen LogP contribution in [-0.4, -0.2) is 39.1 Å².